The van der Waals surface area contributed by atoms with Crippen molar-refractivity contribution < 1.29 is 14.7 Å². The third-order valence-corrected chi connectivity index (χ3v) is 5.29. The van der Waals surface area contributed by atoms with E-state index in [1.807, 2.05) is 6.92 Å². The van der Waals surface area contributed by atoms with Crippen LogP contribution >= 0.6 is 0 Å². The summed E-state index contributed by atoms with van der Waals surface area (Å²) < 4.78 is 0. The molecule has 122 valence electrons. The smallest absolute Gasteiger partial charge is 0.303 e. The predicted octanol–water partition coefficient (Wildman–Crippen LogP) is 2.00. The fourth-order valence-corrected chi connectivity index (χ4v) is 3.19. The zero-order valence-corrected chi connectivity index (χ0v) is 13.7. The molecule has 1 fully saturated rings. The van der Waals surface area contributed by atoms with Gasteiger partial charge in [-0.05, 0) is 36.5 Å². The van der Waals surface area contributed by atoms with E-state index in [0.717, 1.165) is 12.8 Å². The second-order valence-electron chi connectivity index (χ2n) is 7.19. The Hall–Kier alpha value is -1.10. The van der Waals surface area contributed by atoms with E-state index in [9.17, 15) is 9.59 Å². The van der Waals surface area contributed by atoms with Crippen LogP contribution in [-0.4, -0.2) is 29.6 Å². The van der Waals surface area contributed by atoms with Gasteiger partial charge in [-0.3, -0.25) is 9.59 Å². The Kier molecular flexibility index (Phi) is 6.20. The summed E-state index contributed by atoms with van der Waals surface area (Å²) in [5, 5.41) is 11.7. The number of aliphatic carboxylic acids is 1. The first-order valence-electron chi connectivity index (χ1n) is 7.91. The number of carbonyl (C=O) groups excluding carboxylic acids is 1. The SMILES string of the molecule is CC(CCC(=O)O)CNC(=O)C1CCC(N)C(C)C1(C)C. The van der Waals surface area contributed by atoms with Crippen molar-refractivity contribution >= 4 is 11.9 Å². The lowest BCUT2D eigenvalue weighted by Gasteiger charge is -2.46. The highest BCUT2D eigenvalue weighted by molar-refractivity contribution is 5.79. The molecule has 4 atom stereocenters. The Bertz CT molecular complexity index is 382. The summed E-state index contributed by atoms with van der Waals surface area (Å²) in [7, 11) is 0. The fourth-order valence-electron chi connectivity index (χ4n) is 3.19. The van der Waals surface area contributed by atoms with E-state index in [1.165, 1.54) is 0 Å². The summed E-state index contributed by atoms with van der Waals surface area (Å²) in [4.78, 5) is 23.0. The van der Waals surface area contributed by atoms with Gasteiger partial charge in [0.05, 0.1) is 0 Å². The molecule has 0 spiro atoms. The van der Waals surface area contributed by atoms with Gasteiger partial charge in [-0.25, -0.2) is 0 Å². The summed E-state index contributed by atoms with van der Waals surface area (Å²) in [6.45, 7) is 8.87. The first-order valence-corrected chi connectivity index (χ1v) is 7.91. The third kappa shape index (κ3) is 4.70. The molecule has 0 aromatic carbocycles. The number of carboxylic acids is 1. The molecule has 1 amide bonds. The maximum atomic E-state index is 12.4. The molecule has 1 aliphatic rings. The summed E-state index contributed by atoms with van der Waals surface area (Å²) in [5.74, 6) is -0.229. The van der Waals surface area contributed by atoms with E-state index in [-0.39, 0.29) is 35.6 Å². The van der Waals surface area contributed by atoms with Crippen LogP contribution in [0, 0.1) is 23.2 Å². The molecule has 5 nitrogen and oxygen atoms in total. The summed E-state index contributed by atoms with van der Waals surface area (Å²) in [6, 6.07) is 0.165. The zero-order valence-electron chi connectivity index (χ0n) is 13.7. The van der Waals surface area contributed by atoms with Gasteiger partial charge in [0.1, 0.15) is 0 Å². The van der Waals surface area contributed by atoms with Gasteiger partial charge in [0.25, 0.3) is 0 Å². The molecule has 1 rings (SSSR count). The molecule has 4 unspecified atom stereocenters. The third-order valence-electron chi connectivity index (χ3n) is 5.29. The van der Waals surface area contributed by atoms with Crippen molar-refractivity contribution in [2.24, 2.45) is 28.9 Å². The Morgan fingerprint density at radius 3 is 2.57 bits per heavy atom. The van der Waals surface area contributed by atoms with Crippen LogP contribution in [0.1, 0.15) is 53.4 Å². The van der Waals surface area contributed by atoms with Crippen molar-refractivity contribution in [3.05, 3.63) is 0 Å². The molecule has 21 heavy (non-hydrogen) atoms. The number of hydrogen-bond donors (Lipinski definition) is 3. The molecule has 0 bridgehead atoms. The van der Waals surface area contributed by atoms with Crippen LogP contribution < -0.4 is 11.1 Å². The number of amides is 1. The number of carbonyl (C=O) groups is 2. The molecule has 0 saturated heterocycles. The fraction of sp³-hybridized carbons (Fsp3) is 0.875. The molecule has 0 radical (unpaired) electrons. The topological polar surface area (TPSA) is 92.4 Å². The molecule has 0 heterocycles. The Labute approximate surface area is 127 Å². The van der Waals surface area contributed by atoms with Gasteiger partial charge >= 0.3 is 5.97 Å². The highest BCUT2D eigenvalue weighted by atomic mass is 16.4. The van der Waals surface area contributed by atoms with Crippen molar-refractivity contribution in [3.63, 3.8) is 0 Å². The van der Waals surface area contributed by atoms with E-state index in [0.29, 0.717) is 18.9 Å². The molecular weight excluding hydrogens is 268 g/mol. The monoisotopic (exact) mass is 298 g/mol. The average molecular weight is 298 g/mol. The molecule has 4 N–H and O–H groups in total. The van der Waals surface area contributed by atoms with Gasteiger partial charge in [-0.15, -0.1) is 0 Å². The van der Waals surface area contributed by atoms with Crippen LogP contribution in [0.2, 0.25) is 0 Å². The second-order valence-corrected chi connectivity index (χ2v) is 7.19. The van der Waals surface area contributed by atoms with Gasteiger partial charge in [0.15, 0.2) is 0 Å². The average Bonchev–Trinajstić information content (AvgIpc) is 2.40. The van der Waals surface area contributed by atoms with E-state index < -0.39 is 5.97 Å². The molecule has 0 aliphatic heterocycles. The first kappa shape index (κ1) is 18.0. The van der Waals surface area contributed by atoms with Crippen LogP contribution in [-0.2, 0) is 9.59 Å². The Morgan fingerprint density at radius 2 is 2.00 bits per heavy atom. The second kappa shape index (κ2) is 7.25. The van der Waals surface area contributed by atoms with Gasteiger partial charge in [0, 0.05) is 24.9 Å². The van der Waals surface area contributed by atoms with Crippen LogP contribution in [0.3, 0.4) is 0 Å². The largest absolute Gasteiger partial charge is 0.481 e. The minimum Gasteiger partial charge on any atom is -0.481 e. The van der Waals surface area contributed by atoms with Crippen molar-refractivity contribution in [2.45, 2.75) is 59.4 Å². The quantitative estimate of drug-likeness (QED) is 0.699. The van der Waals surface area contributed by atoms with Gasteiger partial charge in [-0.2, -0.15) is 0 Å². The minimum absolute atomic E-state index is 0.0148. The normalized spacial score (nSPS) is 29.7. The van der Waals surface area contributed by atoms with Crippen LogP contribution in [0.25, 0.3) is 0 Å². The number of hydrogen-bond acceptors (Lipinski definition) is 3. The standard InChI is InChI=1S/C16H30N2O3/c1-10(5-8-14(19)20)9-18-15(21)12-6-7-13(17)11(2)16(12,3)4/h10-13H,5-9,17H2,1-4H3,(H,18,21)(H,19,20). The van der Waals surface area contributed by atoms with Crippen LogP contribution in [0.15, 0.2) is 0 Å². The van der Waals surface area contributed by atoms with Crippen LogP contribution in [0.4, 0.5) is 0 Å². The highest BCUT2D eigenvalue weighted by Gasteiger charge is 2.44. The zero-order chi connectivity index (χ0) is 16.2. The van der Waals surface area contributed by atoms with Crippen molar-refractivity contribution in [1.29, 1.82) is 0 Å². The first-order chi connectivity index (χ1) is 9.66. The maximum absolute atomic E-state index is 12.4. The van der Waals surface area contributed by atoms with E-state index in [4.69, 9.17) is 10.8 Å². The molecule has 5 heteroatoms. The van der Waals surface area contributed by atoms with Crippen molar-refractivity contribution in [3.8, 4) is 0 Å². The van der Waals surface area contributed by atoms with Crippen molar-refractivity contribution in [1.82, 2.24) is 5.32 Å². The van der Waals surface area contributed by atoms with E-state index in [2.05, 4.69) is 26.1 Å². The highest BCUT2D eigenvalue weighted by Crippen LogP contribution is 2.44. The summed E-state index contributed by atoms with van der Waals surface area (Å²) >= 11 is 0. The van der Waals surface area contributed by atoms with Crippen molar-refractivity contribution in [2.75, 3.05) is 6.54 Å². The lowest BCUT2D eigenvalue weighted by Crippen LogP contribution is -2.52. The predicted molar refractivity (Wildman–Crippen MR) is 82.7 cm³/mol. The lowest BCUT2D eigenvalue weighted by molar-refractivity contribution is -0.137. The summed E-state index contributed by atoms with van der Waals surface area (Å²) in [5.41, 5.74) is 6.01. The lowest BCUT2D eigenvalue weighted by atomic mass is 9.61. The van der Waals surface area contributed by atoms with Gasteiger partial charge in [0.2, 0.25) is 5.91 Å². The number of rotatable bonds is 6. The van der Waals surface area contributed by atoms with Gasteiger partial charge < -0.3 is 16.2 Å². The number of nitrogens with one attached hydrogen (secondary N) is 1. The molecule has 1 aliphatic carbocycles. The Balaban J connectivity index is 2.50. The summed E-state index contributed by atoms with van der Waals surface area (Å²) in [6.07, 6.45) is 2.45. The van der Waals surface area contributed by atoms with Crippen LogP contribution in [0.5, 0.6) is 0 Å². The molecule has 0 aromatic heterocycles. The molecular formula is C16H30N2O3. The number of carboxylic acid groups (broad SMARTS) is 1. The maximum Gasteiger partial charge on any atom is 0.303 e. The molecule has 0 aromatic rings. The van der Waals surface area contributed by atoms with E-state index in [1.54, 1.807) is 0 Å². The molecule has 1 saturated carbocycles. The minimum atomic E-state index is -0.788. The Morgan fingerprint density at radius 1 is 1.38 bits per heavy atom. The van der Waals surface area contributed by atoms with Gasteiger partial charge in [-0.1, -0.05) is 27.7 Å². The number of nitrogens with two attached hydrogens (primary N) is 1. The van der Waals surface area contributed by atoms with E-state index >= 15 is 0 Å².